The fourth-order valence-corrected chi connectivity index (χ4v) is 10.5. The van der Waals surface area contributed by atoms with E-state index in [0.717, 1.165) is 55.4 Å². The van der Waals surface area contributed by atoms with Crippen molar-refractivity contribution in [3.05, 3.63) is 212 Å². The van der Waals surface area contributed by atoms with Crippen LogP contribution in [0.1, 0.15) is 0 Å². The Morgan fingerprint density at radius 1 is 0.365 bits per heavy atom. The molecule has 3 aromatic heterocycles. The van der Waals surface area contributed by atoms with Crippen molar-refractivity contribution in [2.75, 3.05) is 0 Å². The Hall–Kier alpha value is -8.06. The molecule has 0 radical (unpaired) electrons. The van der Waals surface area contributed by atoms with Crippen molar-refractivity contribution in [2.24, 2.45) is 0 Å². The highest BCUT2D eigenvalue weighted by molar-refractivity contribution is 7.99. The topological polar surface area (TPSA) is 48.5 Å². The van der Waals surface area contributed by atoms with Crippen LogP contribution in [-0.2, 0) is 0 Å². The molecule has 6 heteroatoms. The third kappa shape index (κ3) is 5.76. The van der Waals surface area contributed by atoms with E-state index in [1.54, 1.807) is 0 Å². The van der Waals surface area contributed by atoms with E-state index in [9.17, 15) is 0 Å². The highest BCUT2D eigenvalue weighted by atomic mass is 32.2. The highest BCUT2D eigenvalue weighted by Crippen LogP contribution is 2.50. The molecule has 0 aliphatic carbocycles. The van der Waals surface area contributed by atoms with Gasteiger partial charge in [-0.1, -0.05) is 176 Å². The van der Waals surface area contributed by atoms with Crippen LogP contribution in [0.5, 0.6) is 0 Å². The van der Waals surface area contributed by atoms with Gasteiger partial charge >= 0.3 is 0 Å². The molecule has 0 amide bonds. The van der Waals surface area contributed by atoms with E-state index in [-0.39, 0.29) is 0 Å². The number of fused-ring (bicyclic) bond motifs is 8. The molecule has 0 saturated heterocycles. The van der Waals surface area contributed by atoms with Crippen LogP contribution in [0.3, 0.4) is 0 Å². The van der Waals surface area contributed by atoms with Crippen molar-refractivity contribution in [1.82, 2.24) is 24.1 Å². The number of aromatic nitrogens is 5. The van der Waals surface area contributed by atoms with Crippen LogP contribution in [0, 0.1) is 0 Å². The smallest absolute Gasteiger partial charge is 0.164 e. The summed E-state index contributed by atoms with van der Waals surface area (Å²) >= 11 is 1.85. The van der Waals surface area contributed by atoms with Crippen LogP contribution in [-0.4, -0.2) is 24.1 Å². The number of nitrogens with zero attached hydrogens (tertiary/aromatic N) is 5. The molecule has 1 aliphatic rings. The van der Waals surface area contributed by atoms with Crippen molar-refractivity contribution in [3.63, 3.8) is 0 Å². The zero-order chi connectivity index (χ0) is 41.4. The molecule has 0 saturated carbocycles. The van der Waals surface area contributed by atoms with Gasteiger partial charge in [0.2, 0.25) is 0 Å². The molecule has 12 aromatic rings. The molecule has 4 heterocycles. The van der Waals surface area contributed by atoms with Crippen LogP contribution in [0.15, 0.2) is 222 Å². The monoisotopic (exact) mass is 821 g/mol. The number of rotatable bonds is 6. The van der Waals surface area contributed by atoms with Gasteiger partial charge in [0.25, 0.3) is 0 Å². The maximum Gasteiger partial charge on any atom is 0.164 e. The second-order valence-electron chi connectivity index (χ2n) is 16.0. The van der Waals surface area contributed by atoms with Gasteiger partial charge in [-0.05, 0) is 81.6 Å². The molecule has 0 unspecified atom stereocenters. The lowest BCUT2D eigenvalue weighted by atomic mass is 10.00. The minimum atomic E-state index is 0.626. The van der Waals surface area contributed by atoms with Crippen LogP contribution in [0.2, 0.25) is 0 Å². The summed E-state index contributed by atoms with van der Waals surface area (Å²) in [5, 5.41) is 5.96. The Morgan fingerprint density at radius 2 is 0.952 bits per heavy atom. The van der Waals surface area contributed by atoms with E-state index >= 15 is 0 Å². The van der Waals surface area contributed by atoms with E-state index in [2.05, 4.69) is 215 Å². The van der Waals surface area contributed by atoms with E-state index < -0.39 is 0 Å². The summed E-state index contributed by atoms with van der Waals surface area (Å²) in [5.41, 5.74) is 13.3. The minimum Gasteiger partial charge on any atom is -0.295 e. The Morgan fingerprint density at radius 3 is 1.83 bits per heavy atom. The summed E-state index contributed by atoms with van der Waals surface area (Å²) in [6.07, 6.45) is 0. The predicted molar refractivity (Wildman–Crippen MR) is 260 cm³/mol. The van der Waals surface area contributed by atoms with Crippen molar-refractivity contribution < 1.29 is 0 Å². The zero-order valence-corrected chi connectivity index (χ0v) is 34.7. The number of hydrogen-bond acceptors (Lipinski definition) is 4. The molecule has 63 heavy (non-hydrogen) atoms. The maximum atomic E-state index is 5.23. The molecule has 0 atom stereocenters. The first-order valence-electron chi connectivity index (χ1n) is 21.2. The van der Waals surface area contributed by atoms with Gasteiger partial charge in [-0.25, -0.2) is 15.0 Å². The molecule has 1 aliphatic heterocycles. The van der Waals surface area contributed by atoms with E-state index in [4.69, 9.17) is 15.0 Å². The summed E-state index contributed by atoms with van der Waals surface area (Å²) < 4.78 is 4.93. The Kier molecular flexibility index (Phi) is 8.08. The minimum absolute atomic E-state index is 0.626. The van der Waals surface area contributed by atoms with Crippen molar-refractivity contribution in [2.45, 2.75) is 9.79 Å². The largest absolute Gasteiger partial charge is 0.295 e. The second kappa shape index (κ2) is 14.3. The number of hydrogen-bond donors (Lipinski definition) is 0. The quantitative estimate of drug-likeness (QED) is 0.168. The fraction of sp³-hybridized carbons (Fsp3) is 0. The van der Waals surface area contributed by atoms with Crippen LogP contribution < -0.4 is 0 Å². The molecule has 0 bridgehead atoms. The van der Waals surface area contributed by atoms with E-state index in [1.165, 1.54) is 48.4 Å². The standard InChI is InChI=1S/C57H35N5S/c1-3-14-36(15-4-1)37-28-30-39(31-29-37)54-58-55(60-56(59-54)45-23-12-17-38-16-7-8-22-44(38)45)42-19-11-18-40(34-42)41-32-33-48-47(35-41)52-46-24-13-27-51-53(46)62(49-25-9-10-26-50(49)63-51)57(52)61(48)43-20-5-2-6-21-43/h1-35H. The van der Waals surface area contributed by atoms with Crippen molar-refractivity contribution in [1.29, 1.82) is 0 Å². The second-order valence-corrected chi connectivity index (χ2v) is 17.1. The average molecular weight is 822 g/mol. The first kappa shape index (κ1) is 35.7. The van der Waals surface area contributed by atoms with Gasteiger partial charge in [-0.3, -0.25) is 9.13 Å². The number of benzene rings is 9. The fourth-order valence-electron chi connectivity index (χ4n) is 9.45. The van der Waals surface area contributed by atoms with Gasteiger partial charge < -0.3 is 0 Å². The van der Waals surface area contributed by atoms with Gasteiger partial charge in [0.1, 0.15) is 5.65 Å². The normalized spacial score (nSPS) is 12.1. The van der Waals surface area contributed by atoms with Crippen LogP contribution in [0.4, 0.5) is 0 Å². The van der Waals surface area contributed by atoms with Crippen molar-refractivity contribution in [3.8, 4) is 67.8 Å². The third-order valence-corrected chi connectivity index (χ3v) is 13.5. The summed E-state index contributed by atoms with van der Waals surface area (Å²) in [7, 11) is 0. The van der Waals surface area contributed by atoms with Crippen LogP contribution in [0.25, 0.3) is 111 Å². The Labute approximate surface area is 367 Å². The van der Waals surface area contributed by atoms with Gasteiger partial charge in [0.05, 0.1) is 16.7 Å². The van der Waals surface area contributed by atoms with Gasteiger partial charge in [0.15, 0.2) is 17.5 Å². The summed E-state index contributed by atoms with van der Waals surface area (Å²) in [5.74, 6) is 1.90. The van der Waals surface area contributed by atoms with Gasteiger partial charge in [-0.15, -0.1) is 0 Å². The lowest BCUT2D eigenvalue weighted by Gasteiger charge is -2.21. The highest BCUT2D eigenvalue weighted by Gasteiger charge is 2.28. The lowest BCUT2D eigenvalue weighted by molar-refractivity contribution is 1.03. The lowest BCUT2D eigenvalue weighted by Crippen LogP contribution is -2.05. The molecule has 0 spiro atoms. The molecular weight excluding hydrogens is 787 g/mol. The van der Waals surface area contributed by atoms with E-state index in [1.807, 2.05) is 17.8 Å². The first-order valence-corrected chi connectivity index (χ1v) is 22.0. The summed E-state index contributed by atoms with van der Waals surface area (Å²) in [6.45, 7) is 0. The molecule has 5 nitrogen and oxygen atoms in total. The molecule has 9 aromatic carbocycles. The zero-order valence-electron chi connectivity index (χ0n) is 33.9. The summed E-state index contributed by atoms with van der Waals surface area (Å²) in [6, 6.07) is 75.5. The molecule has 294 valence electrons. The Bertz CT molecular complexity index is 3750. The molecule has 0 fully saturated rings. The van der Waals surface area contributed by atoms with Crippen LogP contribution >= 0.6 is 11.8 Å². The predicted octanol–water partition coefficient (Wildman–Crippen LogP) is 14.9. The van der Waals surface area contributed by atoms with E-state index in [0.29, 0.717) is 17.5 Å². The molecular formula is C57H35N5S. The first-order chi connectivity index (χ1) is 31.2. The van der Waals surface area contributed by atoms with Gasteiger partial charge in [0, 0.05) is 48.3 Å². The number of para-hydroxylation sites is 3. The summed E-state index contributed by atoms with van der Waals surface area (Å²) in [4.78, 5) is 18.1. The van der Waals surface area contributed by atoms with Crippen molar-refractivity contribution >= 4 is 55.4 Å². The van der Waals surface area contributed by atoms with Gasteiger partial charge in [-0.2, -0.15) is 0 Å². The molecule has 0 N–H and O–H groups in total. The Balaban J connectivity index is 0.993. The third-order valence-electron chi connectivity index (χ3n) is 12.4. The SMILES string of the molecule is c1ccc(-c2ccc(-c3nc(-c4cccc(-c5ccc6c(c5)c5c7cccc8c7n(c5n6-c5ccccc5)-c5ccccc5S8)c4)nc(-c4cccc5ccccc45)n3)cc2)cc1. The average Bonchev–Trinajstić information content (AvgIpc) is 3.88. The molecule has 13 rings (SSSR count). The maximum absolute atomic E-state index is 5.23.